The molecule has 0 aliphatic carbocycles. The summed E-state index contributed by atoms with van der Waals surface area (Å²) in [5.74, 6) is -0.635. The summed E-state index contributed by atoms with van der Waals surface area (Å²) in [6.45, 7) is 7.70. The molecule has 0 unspecified atom stereocenters. The van der Waals surface area contributed by atoms with Crippen molar-refractivity contribution in [1.29, 1.82) is 0 Å². The summed E-state index contributed by atoms with van der Waals surface area (Å²) in [7, 11) is -1.20. The van der Waals surface area contributed by atoms with E-state index >= 15 is 0 Å². The van der Waals surface area contributed by atoms with Crippen molar-refractivity contribution in [2.45, 2.75) is 32.4 Å². The number of nitrogens with zero attached hydrogens (tertiary/aromatic N) is 5. The van der Waals surface area contributed by atoms with E-state index in [0.717, 1.165) is 16.9 Å². The molecule has 0 bridgehead atoms. The third kappa shape index (κ3) is 4.09. The van der Waals surface area contributed by atoms with Gasteiger partial charge in [0.1, 0.15) is 17.8 Å². The van der Waals surface area contributed by atoms with E-state index in [2.05, 4.69) is 34.7 Å². The Morgan fingerprint density at radius 1 is 1.27 bits per heavy atom. The van der Waals surface area contributed by atoms with Crippen LogP contribution in [0.2, 0.25) is 30.7 Å². The lowest BCUT2D eigenvalue weighted by Gasteiger charge is -2.15. The molecule has 8 nitrogen and oxygen atoms in total. The Morgan fingerprint density at radius 3 is 2.80 bits per heavy atom. The average Bonchev–Trinajstić information content (AvgIpc) is 3.25. The number of aromatic nitrogens is 5. The van der Waals surface area contributed by atoms with Crippen LogP contribution in [0, 0.1) is 0 Å². The van der Waals surface area contributed by atoms with Crippen LogP contribution in [0.5, 0.6) is 0 Å². The molecular formula is C20H22ClN5O3Si. The van der Waals surface area contributed by atoms with Crippen molar-refractivity contribution >= 4 is 47.7 Å². The van der Waals surface area contributed by atoms with Gasteiger partial charge < -0.3 is 14.4 Å². The molecule has 0 aliphatic heterocycles. The number of aromatic carboxylic acids is 1. The second-order valence-electron chi connectivity index (χ2n) is 8.33. The maximum Gasteiger partial charge on any atom is 0.339 e. The maximum absolute atomic E-state index is 11.8. The SMILES string of the molecule is C[Si](C)(C)CCOCn1cc(C(=O)O)c2nc(-n3ncc4cc(Cl)ccc43)cnc21. The molecule has 4 aromatic rings. The van der Waals surface area contributed by atoms with Gasteiger partial charge in [0, 0.05) is 31.3 Å². The van der Waals surface area contributed by atoms with Crippen LogP contribution in [0.3, 0.4) is 0 Å². The van der Waals surface area contributed by atoms with Gasteiger partial charge in [-0.2, -0.15) is 5.10 Å². The molecule has 4 rings (SSSR count). The lowest BCUT2D eigenvalue weighted by atomic mass is 10.2. The van der Waals surface area contributed by atoms with Crippen molar-refractivity contribution in [3.8, 4) is 5.82 Å². The van der Waals surface area contributed by atoms with E-state index < -0.39 is 14.0 Å². The zero-order chi connectivity index (χ0) is 21.5. The molecule has 3 heterocycles. The standard InChI is InChI=1S/C20H22ClN5O3Si/c1-30(2,3)7-6-29-12-25-11-15(20(27)28)18-19(25)22-10-17(24-18)26-16-5-4-14(21)8-13(16)9-23-26/h4-5,8-11H,6-7,12H2,1-3H3,(H,27,28). The first-order chi connectivity index (χ1) is 14.2. The third-order valence-corrected chi connectivity index (χ3v) is 6.70. The highest BCUT2D eigenvalue weighted by molar-refractivity contribution is 6.76. The van der Waals surface area contributed by atoms with E-state index in [1.54, 1.807) is 27.7 Å². The molecule has 0 spiro atoms. The van der Waals surface area contributed by atoms with Gasteiger partial charge in [0.05, 0.1) is 17.9 Å². The number of fused-ring (bicyclic) bond motifs is 2. The van der Waals surface area contributed by atoms with E-state index in [1.807, 2.05) is 12.1 Å². The number of ether oxygens (including phenoxy) is 1. The Labute approximate surface area is 179 Å². The van der Waals surface area contributed by atoms with E-state index in [4.69, 9.17) is 16.3 Å². The van der Waals surface area contributed by atoms with E-state index in [-0.39, 0.29) is 12.3 Å². The van der Waals surface area contributed by atoms with Crippen LogP contribution in [-0.2, 0) is 11.5 Å². The number of carboxylic acids is 1. The first-order valence-corrected chi connectivity index (χ1v) is 13.6. The van der Waals surface area contributed by atoms with Gasteiger partial charge in [0.25, 0.3) is 0 Å². The summed E-state index contributed by atoms with van der Waals surface area (Å²) < 4.78 is 9.07. The Balaban J connectivity index is 1.69. The topological polar surface area (TPSA) is 95.1 Å². The van der Waals surface area contributed by atoms with Crippen molar-refractivity contribution in [3.05, 3.63) is 47.4 Å². The molecule has 0 aliphatic rings. The number of halogens is 1. The molecule has 1 N–H and O–H groups in total. The number of rotatable bonds is 7. The predicted octanol–water partition coefficient (Wildman–Crippen LogP) is 4.43. The van der Waals surface area contributed by atoms with Crippen LogP contribution in [0.15, 0.2) is 36.8 Å². The minimum absolute atomic E-state index is 0.0765. The molecule has 0 amide bonds. The first-order valence-electron chi connectivity index (χ1n) is 9.53. The van der Waals surface area contributed by atoms with Crippen LogP contribution < -0.4 is 0 Å². The van der Waals surface area contributed by atoms with Gasteiger partial charge in [-0.05, 0) is 24.2 Å². The van der Waals surface area contributed by atoms with Crippen LogP contribution >= 0.6 is 11.6 Å². The lowest BCUT2D eigenvalue weighted by Crippen LogP contribution is -2.22. The van der Waals surface area contributed by atoms with Crippen LogP contribution in [0.4, 0.5) is 0 Å². The summed E-state index contributed by atoms with van der Waals surface area (Å²) in [5, 5.41) is 15.5. The Morgan fingerprint density at radius 2 is 2.07 bits per heavy atom. The van der Waals surface area contributed by atoms with Crippen LogP contribution in [0.1, 0.15) is 10.4 Å². The fourth-order valence-corrected chi connectivity index (χ4v) is 4.06. The number of hydrogen-bond donors (Lipinski definition) is 1. The fraction of sp³-hybridized carbons (Fsp3) is 0.300. The molecule has 0 atom stereocenters. The monoisotopic (exact) mass is 443 g/mol. The highest BCUT2D eigenvalue weighted by Crippen LogP contribution is 2.24. The van der Waals surface area contributed by atoms with Gasteiger partial charge in [0.2, 0.25) is 0 Å². The van der Waals surface area contributed by atoms with Crippen molar-refractivity contribution in [3.63, 3.8) is 0 Å². The Bertz CT molecular complexity index is 1240. The van der Waals surface area contributed by atoms with Gasteiger partial charge in [-0.3, -0.25) is 0 Å². The molecule has 1 aromatic carbocycles. The van der Waals surface area contributed by atoms with E-state index in [0.29, 0.717) is 28.6 Å². The summed E-state index contributed by atoms with van der Waals surface area (Å²) >= 11 is 6.04. The second kappa shape index (κ2) is 7.82. The summed E-state index contributed by atoms with van der Waals surface area (Å²) in [4.78, 5) is 20.8. The molecule has 30 heavy (non-hydrogen) atoms. The lowest BCUT2D eigenvalue weighted by molar-refractivity contribution is 0.0696. The summed E-state index contributed by atoms with van der Waals surface area (Å²) in [6, 6.07) is 6.45. The Hall–Kier alpha value is -2.75. The minimum Gasteiger partial charge on any atom is -0.478 e. The van der Waals surface area contributed by atoms with E-state index in [9.17, 15) is 9.90 Å². The van der Waals surface area contributed by atoms with Gasteiger partial charge in [-0.25, -0.2) is 19.4 Å². The van der Waals surface area contributed by atoms with Crippen molar-refractivity contribution < 1.29 is 14.6 Å². The van der Waals surface area contributed by atoms with Crippen LogP contribution in [-0.4, -0.2) is 50.1 Å². The average molecular weight is 444 g/mol. The van der Waals surface area contributed by atoms with Crippen molar-refractivity contribution in [2.75, 3.05) is 6.61 Å². The van der Waals surface area contributed by atoms with Crippen LogP contribution in [0.25, 0.3) is 27.9 Å². The maximum atomic E-state index is 11.8. The third-order valence-electron chi connectivity index (χ3n) is 4.76. The fourth-order valence-electron chi connectivity index (χ4n) is 3.13. The largest absolute Gasteiger partial charge is 0.478 e. The molecule has 10 heteroatoms. The zero-order valence-electron chi connectivity index (χ0n) is 17.0. The highest BCUT2D eigenvalue weighted by Gasteiger charge is 2.19. The number of carboxylic acid groups (broad SMARTS) is 1. The highest BCUT2D eigenvalue weighted by atomic mass is 35.5. The molecule has 0 saturated heterocycles. The second-order valence-corrected chi connectivity index (χ2v) is 14.4. The van der Waals surface area contributed by atoms with E-state index in [1.165, 1.54) is 6.20 Å². The smallest absolute Gasteiger partial charge is 0.339 e. The summed E-state index contributed by atoms with van der Waals surface area (Å²) in [5.41, 5.74) is 1.64. The molecule has 3 aromatic heterocycles. The number of carbonyl (C=O) groups is 1. The molecule has 0 fully saturated rings. The molecule has 156 valence electrons. The number of hydrogen-bond acceptors (Lipinski definition) is 5. The predicted molar refractivity (Wildman–Crippen MR) is 118 cm³/mol. The van der Waals surface area contributed by atoms with Crippen molar-refractivity contribution in [1.82, 2.24) is 24.3 Å². The number of benzene rings is 1. The normalized spacial score (nSPS) is 12.1. The minimum atomic E-state index is -1.20. The van der Waals surface area contributed by atoms with Gasteiger partial charge in [0.15, 0.2) is 11.5 Å². The first kappa shape index (κ1) is 20.5. The molecule has 0 radical (unpaired) electrons. The summed E-state index contributed by atoms with van der Waals surface area (Å²) in [6.07, 6.45) is 4.78. The van der Waals surface area contributed by atoms with Gasteiger partial charge >= 0.3 is 5.97 Å². The molecule has 0 saturated carbocycles. The van der Waals surface area contributed by atoms with Gasteiger partial charge in [-0.15, -0.1) is 0 Å². The molecular weight excluding hydrogens is 422 g/mol. The quantitative estimate of drug-likeness (QED) is 0.335. The van der Waals surface area contributed by atoms with Gasteiger partial charge in [-0.1, -0.05) is 31.2 Å². The Kier molecular flexibility index (Phi) is 5.35. The van der Waals surface area contributed by atoms with Crippen molar-refractivity contribution in [2.24, 2.45) is 0 Å². The zero-order valence-corrected chi connectivity index (χ0v) is 18.7.